The summed E-state index contributed by atoms with van der Waals surface area (Å²) in [5.41, 5.74) is 0. The first-order chi connectivity index (χ1) is 10.2. The fourth-order valence-electron chi connectivity index (χ4n) is 1.23. The summed E-state index contributed by atoms with van der Waals surface area (Å²) in [6.07, 6.45) is -9.21. The maximum Gasteiger partial charge on any atom is 0.460 e. The lowest BCUT2D eigenvalue weighted by Gasteiger charge is -2.39. The minimum absolute atomic E-state index is 0.638. The van der Waals surface area contributed by atoms with Crippen LogP contribution in [0.2, 0.25) is 0 Å². The van der Waals surface area contributed by atoms with Gasteiger partial charge in [-0.05, 0) is 0 Å². The monoisotopic (exact) mass is 410 g/mol. The van der Waals surface area contributed by atoms with Crippen molar-refractivity contribution >= 4 is 10.8 Å². The molecule has 0 heterocycles. The molecule has 0 saturated heterocycles. The van der Waals surface area contributed by atoms with E-state index in [1.165, 1.54) is 0 Å². The molecule has 0 saturated carbocycles. The van der Waals surface area contributed by atoms with Crippen LogP contribution in [0.15, 0.2) is 0 Å². The molecule has 0 radical (unpaired) electrons. The second-order valence-corrected chi connectivity index (χ2v) is 6.08. The summed E-state index contributed by atoms with van der Waals surface area (Å²) < 4.78 is 174. The van der Waals surface area contributed by atoms with Crippen molar-refractivity contribution in [1.29, 1.82) is 0 Å². The van der Waals surface area contributed by atoms with Crippen LogP contribution in [0.1, 0.15) is 6.42 Å². The molecule has 0 spiro atoms. The molecule has 24 heavy (non-hydrogen) atoms. The molecule has 1 atom stereocenters. The lowest BCUT2D eigenvalue weighted by atomic mass is 9.93. The number of rotatable bonds is 7. The van der Waals surface area contributed by atoms with E-state index in [1.807, 2.05) is 0 Å². The highest BCUT2D eigenvalue weighted by Crippen LogP contribution is 2.60. The highest BCUT2D eigenvalue weighted by Gasteiger charge is 2.90. The number of hydrogen-bond acceptors (Lipinski definition) is 1. The van der Waals surface area contributed by atoms with E-state index < -0.39 is 58.8 Å². The van der Waals surface area contributed by atoms with Crippen molar-refractivity contribution in [1.82, 2.24) is 0 Å². The maximum absolute atomic E-state index is 13.1. The van der Waals surface area contributed by atoms with E-state index in [0.29, 0.717) is 6.26 Å². The van der Waals surface area contributed by atoms with Crippen molar-refractivity contribution in [3.8, 4) is 0 Å². The smallest absolute Gasteiger partial charge is 0.260 e. The summed E-state index contributed by atoms with van der Waals surface area (Å²) >= 11 is 0. The number of hydrogen-bond donors (Lipinski definition) is 0. The lowest BCUT2D eigenvalue weighted by Crippen LogP contribution is -2.70. The molecule has 0 fully saturated rings. The van der Waals surface area contributed by atoms with Gasteiger partial charge in [0.1, 0.15) is 0 Å². The Hall–Kier alpha value is -0.760. The van der Waals surface area contributed by atoms with Crippen LogP contribution in [0.4, 0.5) is 57.1 Å². The zero-order valence-electron chi connectivity index (χ0n) is 11.1. The topological polar surface area (TPSA) is 17.1 Å². The second-order valence-electron chi connectivity index (χ2n) is 4.53. The van der Waals surface area contributed by atoms with Crippen molar-refractivity contribution in [3.63, 3.8) is 0 Å². The van der Waals surface area contributed by atoms with Gasteiger partial charge in [-0.25, -0.2) is 0 Å². The summed E-state index contributed by atoms with van der Waals surface area (Å²) in [4.78, 5) is 0. The maximum atomic E-state index is 13.1. The van der Waals surface area contributed by atoms with Crippen molar-refractivity contribution in [3.05, 3.63) is 0 Å². The van der Waals surface area contributed by atoms with Crippen LogP contribution in [-0.2, 0) is 10.8 Å². The SMILES string of the molecule is CS(=O)CCC(F)(F)C(F)(F)C(F)(F)C(F)(F)C(F)(F)C(F)(F)F. The van der Waals surface area contributed by atoms with E-state index in [9.17, 15) is 61.3 Å². The molecular formula is C9H7F13OS. The average Bonchev–Trinajstić information content (AvgIpc) is 2.34. The fraction of sp³-hybridized carbons (Fsp3) is 1.00. The van der Waals surface area contributed by atoms with Gasteiger partial charge < -0.3 is 0 Å². The first-order valence-electron chi connectivity index (χ1n) is 5.42. The molecule has 0 aliphatic rings. The van der Waals surface area contributed by atoms with Gasteiger partial charge in [-0.15, -0.1) is 0 Å². The molecule has 0 aromatic heterocycles. The van der Waals surface area contributed by atoms with E-state index in [4.69, 9.17) is 0 Å². The van der Waals surface area contributed by atoms with Gasteiger partial charge in [0.15, 0.2) is 0 Å². The molecule has 0 N–H and O–H groups in total. The van der Waals surface area contributed by atoms with Gasteiger partial charge in [-0.2, -0.15) is 57.1 Å². The van der Waals surface area contributed by atoms with E-state index in [-0.39, 0.29) is 0 Å². The van der Waals surface area contributed by atoms with E-state index in [0.717, 1.165) is 0 Å². The van der Waals surface area contributed by atoms with Crippen LogP contribution in [0.25, 0.3) is 0 Å². The number of halogens is 13. The molecule has 0 aromatic rings. The largest absolute Gasteiger partial charge is 0.460 e. The molecule has 0 bridgehead atoms. The van der Waals surface area contributed by atoms with Gasteiger partial charge in [0.25, 0.3) is 0 Å². The number of alkyl halides is 13. The third kappa shape index (κ3) is 3.45. The quantitative estimate of drug-likeness (QED) is 0.566. The van der Waals surface area contributed by atoms with Gasteiger partial charge in [0.2, 0.25) is 0 Å². The van der Waals surface area contributed by atoms with Crippen molar-refractivity contribution in [2.24, 2.45) is 0 Å². The van der Waals surface area contributed by atoms with Crippen LogP contribution in [0.3, 0.4) is 0 Å². The Bertz CT molecular complexity index is 480. The Morgan fingerprint density at radius 3 is 1.25 bits per heavy atom. The molecule has 146 valence electrons. The van der Waals surface area contributed by atoms with Gasteiger partial charge in [0.05, 0.1) is 0 Å². The van der Waals surface area contributed by atoms with Crippen LogP contribution in [0.5, 0.6) is 0 Å². The predicted molar refractivity (Wildman–Crippen MR) is 54.3 cm³/mol. The summed E-state index contributed by atoms with van der Waals surface area (Å²) in [6, 6.07) is 0. The van der Waals surface area contributed by atoms with E-state index in [2.05, 4.69) is 0 Å². The second kappa shape index (κ2) is 6.20. The van der Waals surface area contributed by atoms with E-state index in [1.54, 1.807) is 0 Å². The Morgan fingerprint density at radius 2 is 0.958 bits per heavy atom. The normalized spacial score (nSPS) is 17.1. The minimum Gasteiger partial charge on any atom is -0.260 e. The van der Waals surface area contributed by atoms with Crippen LogP contribution >= 0.6 is 0 Å². The molecule has 0 aliphatic heterocycles. The molecule has 1 nitrogen and oxygen atoms in total. The third-order valence-corrected chi connectivity index (χ3v) is 3.48. The Balaban J connectivity index is 6.05. The first kappa shape index (κ1) is 23.2. The van der Waals surface area contributed by atoms with E-state index >= 15 is 0 Å². The Labute approximate surface area is 127 Å². The van der Waals surface area contributed by atoms with Gasteiger partial charge in [-0.3, -0.25) is 4.21 Å². The molecule has 15 heteroatoms. The van der Waals surface area contributed by atoms with Gasteiger partial charge in [0, 0.05) is 29.2 Å². The molecule has 0 rings (SSSR count). The highest BCUT2D eigenvalue weighted by molar-refractivity contribution is 7.84. The molecule has 0 aromatic carbocycles. The van der Waals surface area contributed by atoms with Crippen molar-refractivity contribution in [2.75, 3.05) is 12.0 Å². The molecule has 0 amide bonds. The van der Waals surface area contributed by atoms with Crippen molar-refractivity contribution in [2.45, 2.75) is 42.2 Å². The Kier molecular flexibility index (Phi) is 6.00. The molecular weight excluding hydrogens is 403 g/mol. The lowest BCUT2D eigenvalue weighted by molar-refractivity contribution is -0.439. The molecule has 1 unspecified atom stereocenters. The van der Waals surface area contributed by atoms with Crippen LogP contribution in [-0.4, -0.2) is 52.0 Å². The van der Waals surface area contributed by atoms with Gasteiger partial charge >= 0.3 is 35.8 Å². The first-order valence-corrected chi connectivity index (χ1v) is 7.15. The highest BCUT2D eigenvalue weighted by atomic mass is 32.2. The van der Waals surface area contributed by atoms with Crippen molar-refractivity contribution < 1.29 is 61.3 Å². The zero-order chi connectivity index (χ0) is 20.0. The van der Waals surface area contributed by atoms with Crippen LogP contribution < -0.4 is 0 Å². The average molecular weight is 410 g/mol. The standard InChI is InChI=1S/C9H7F13OS/c1-24(23)3-2-4(10,11)5(12,13)6(14,15)7(16,17)8(18,19)9(20,21)22/h2-3H2,1H3. The molecule has 0 aliphatic carbocycles. The minimum atomic E-state index is -7.89. The predicted octanol–water partition coefficient (Wildman–Crippen LogP) is 4.49. The van der Waals surface area contributed by atoms with Gasteiger partial charge in [-0.1, -0.05) is 0 Å². The summed E-state index contributed by atoms with van der Waals surface area (Å²) in [5.74, 6) is -38.3. The fourth-order valence-corrected chi connectivity index (χ4v) is 1.77. The summed E-state index contributed by atoms with van der Waals surface area (Å²) in [7, 11) is -2.30. The Morgan fingerprint density at radius 1 is 0.625 bits per heavy atom. The summed E-state index contributed by atoms with van der Waals surface area (Å²) in [5, 5.41) is 0. The third-order valence-electron chi connectivity index (χ3n) is 2.70. The zero-order valence-corrected chi connectivity index (χ0v) is 12.0. The van der Waals surface area contributed by atoms with Crippen LogP contribution in [0, 0.1) is 0 Å². The summed E-state index contributed by atoms with van der Waals surface area (Å²) in [6.45, 7) is 0.